The van der Waals surface area contributed by atoms with E-state index in [0.717, 1.165) is 17.8 Å². The van der Waals surface area contributed by atoms with Gasteiger partial charge in [-0.1, -0.05) is 37.3 Å². The molecule has 4 rings (SSSR count). The number of aliphatic imine (C=N–C) groups is 1. The number of carbonyl (C=O) groups excluding carboxylic acids is 1. The third-order valence-electron chi connectivity index (χ3n) is 4.56. The molecule has 0 radical (unpaired) electrons. The van der Waals surface area contributed by atoms with Gasteiger partial charge in [0.15, 0.2) is 5.17 Å². The summed E-state index contributed by atoms with van der Waals surface area (Å²) in [6.07, 6.45) is 2.59. The number of nitrogens with one attached hydrogen (secondary N) is 1. The Labute approximate surface area is 184 Å². The fourth-order valence-corrected chi connectivity index (χ4v) is 3.71. The maximum Gasteiger partial charge on any atom is 0.264 e. The molecule has 1 aliphatic rings. The van der Waals surface area contributed by atoms with Gasteiger partial charge in [-0.25, -0.2) is 4.99 Å². The highest BCUT2D eigenvalue weighted by atomic mass is 32.2. The number of nitrogens with zero attached hydrogens (tertiary/aromatic N) is 3. The first-order valence-electron chi connectivity index (χ1n) is 9.79. The van der Waals surface area contributed by atoms with Crippen molar-refractivity contribution < 1.29 is 9.90 Å². The fourth-order valence-electron chi connectivity index (χ4n) is 2.88. The summed E-state index contributed by atoms with van der Waals surface area (Å²) in [7, 11) is 0. The molecule has 154 valence electrons. The Bertz CT molecular complexity index is 1190. The summed E-state index contributed by atoms with van der Waals surface area (Å²) >= 11 is 1.23. The lowest BCUT2D eigenvalue weighted by molar-refractivity contribution is -0.115. The molecular formula is C24H20N4O2S. The van der Waals surface area contributed by atoms with Gasteiger partial charge in [0.2, 0.25) is 0 Å². The molecule has 1 saturated heterocycles. The average Bonchev–Trinajstić information content (AvgIpc) is 3.14. The van der Waals surface area contributed by atoms with Crippen molar-refractivity contribution in [2.75, 3.05) is 0 Å². The maximum absolute atomic E-state index is 12.4. The molecule has 0 aromatic heterocycles. The molecule has 1 amide bonds. The Hall–Kier alpha value is -3.71. The number of amides is 1. The maximum atomic E-state index is 12.4. The Kier molecular flexibility index (Phi) is 6.24. The van der Waals surface area contributed by atoms with Crippen LogP contribution in [0.2, 0.25) is 0 Å². The molecule has 1 heterocycles. The second-order valence-corrected chi connectivity index (χ2v) is 7.81. The zero-order valence-electron chi connectivity index (χ0n) is 16.8. The third kappa shape index (κ3) is 5.26. The van der Waals surface area contributed by atoms with Gasteiger partial charge in [0.25, 0.3) is 5.91 Å². The van der Waals surface area contributed by atoms with Crippen molar-refractivity contribution in [2.45, 2.75) is 13.3 Å². The largest absolute Gasteiger partial charge is 0.507 e. The summed E-state index contributed by atoms with van der Waals surface area (Å²) in [5.41, 5.74) is 3.78. The lowest BCUT2D eigenvalue weighted by Crippen LogP contribution is -2.19. The van der Waals surface area contributed by atoms with Gasteiger partial charge in [-0.05, 0) is 72.3 Å². The van der Waals surface area contributed by atoms with Crippen LogP contribution in [0.15, 0.2) is 92.9 Å². The number of phenolic OH excluding ortho intramolecular Hbond substituents is 1. The summed E-state index contributed by atoms with van der Waals surface area (Å²) in [5.74, 6) is -0.204. The lowest BCUT2D eigenvalue weighted by atomic mass is 10.1. The van der Waals surface area contributed by atoms with Crippen LogP contribution < -0.4 is 5.32 Å². The van der Waals surface area contributed by atoms with Crippen molar-refractivity contribution in [2.24, 2.45) is 15.2 Å². The summed E-state index contributed by atoms with van der Waals surface area (Å²) in [6.45, 7) is 2.10. The minimum absolute atomic E-state index is 0.0557. The van der Waals surface area contributed by atoms with Gasteiger partial charge in [0.1, 0.15) is 5.75 Å². The number of hydrogen-bond donors (Lipinski definition) is 2. The van der Waals surface area contributed by atoms with Gasteiger partial charge in [0.05, 0.1) is 22.0 Å². The lowest BCUT2D eigenvalue weighted by Gasteiger charge is -2.01. The molecule has 2 N–H and O–H groups in total. The van der Waals surface area contributed by atoms with Crippen molar-refractivity contribution >= 4 is 46.0 Å². The standard InChI is InChI=1S/C24H20N4O2S/c1-2-16-8-10-18(11-9-16)25-24-26-23(30)22(31-24)15-17-14-20(12-13-21(17)29)28-27-19-6-4-3-5-7-19/h3-15,29H,2H2,1H3,(H,25,26,30)/b22-15-,28-27?. The van der Waals surface area contributed by atoms with Crippen LogP contribution in [-0.4, -0.2) is 16.2 Å². The summed E-state index contributed by atoms with van der Waals surface area (Å²) in [4.78, 5) is 17.3. The molecule has 0 aliphatic carbocycles. The van der Waals surface area contributed by atoms with E-state index in [4.69, 9.17) is 0 Å². The first-order chi connectivity index (χ1) is 15.1. The van der Waals surface area contributed by atoms with Crippen molar-refractivity contribution in [1.29, 1.82) is 0 Å². The molecule has 1 fully saturated rings. The number of benzene rings is 3. The molecule has 1 aliphatic heterocycles. The normalized spacial score (nSPS) is 16.4. The van der Waals surface area contributed by atoms with E-state index in [-0.39, 0.29) is 11.7 Å². The van der Waals surface area contributed by atoms with E-state index in [2.05, 4.69) is 27.5 Å². The fraction of sp³-hybridized carbons (Fsp3) is 0.0833. The van der Waals surface area contributed by atoms with Crippen LogP contribution in [0.4, 0.5) is 17.1 Å². The second kappa shape index (κ2) is 9.40. The van der Waals surface area contributed by atoms with E-state index in [1.807, 2.05) is 54.6 Å². The predicted octanol–water partition coefficient (Wildman–Crippen LogP) is 6.26. The number of aromatic hydroxyl groups is 1. The molecule has 3 aromatic carbocycles. The third-order valence-corrected chi connectivity index (χ3v) is 5.47. The first-order valence-corrected chi connectivity index (χ1v) is 10.6. The highest BCUT2D eigenvalue weighted by molar-refractivity contribution is 8.18. The number of azo groups is 1. The smallest absolute Gasteiger partial charge is 0.264 e. The molecule has 0 unspecified atom stereocenters. The predicted molar refractivity (Wildman–Crippen MR) is 125 cm³/mol. The molecule has 0 saturated carbocycles. The van der Waals surface area contributed by atoms with Gasteiger partial charge in [-0.2, -0.15) is 10.2 Å². The Morgan fingerprint density at radius 1 is 0.935 bits per heavy atom. The summed E-state index contributed by atoms with van der Waals surface area (Å²) in [5, 5.41) is 21.9. The topological polar surface area (TPSA) is 86.4 Å². The molecule has 0 spiro atoms. The molecule has 0 bridgehead atoms. The van der Waals surface area contributed by atoms with Crippen LogP contribution in [-0.2, 0) is 11.2 Å². The second-order valence-electron chi connectivity index (χ2n) is 6.78. The number of rotatable bonds is 5. The number of thioether (sulfide) groups is 1. The van der Waals surface area contributed by atoms with E-state index in [9.17, 15) is 9.90 Å². The number of carbonyl (C=O) groups is 1. The van der Waals surface area contributed by atoms with Gasteiger partial charge in [0, 0.05) is 5.56 Å². The van der Waals surface area contributed by atoms with Gasteiger partial charge >= 0.3 is 0 Å². The minimum atomic E-state index is -0.260. The molecule has 3 aromatic rings. The van der Waals surface area contributed by atoms with Crippen molar-refractivity contribution in [3.63, 3.8) is 0 Å². The number of amidine groups is 1. The Balaban J connectivity index is 1.54. The quantitative estimate of drug-likeness (QED) is 0.371. The van der Waals surface area contributed by atoms with Gasteiger partial charge in [-0.3, -0.25) is 4.79 Å². The molecule has 7 heteroatoms. The molecule has 31 heavy (non-hydrogen) atoms. The first kappa shape index (κ1) is 20.6. The minimum Gasteiger partial charge on any atom is -0.507 e. The number of hydrogen-bond acceptors (Lipinski definition) is 6. The Morgan fingerprint density at radius 3 is 2.39 bits per heavy atom. The van der Waals surface area contributed by atoms with E-state index >= 15 is 0 Å². The van der Waals surface area contributed by atoms with E-state index in [0.29, 0.717) is 21.3 Å². The highest BCUT2D eigenvalue weighted by Crippen LogP contribution is 2.32. The van der Waals surface area contributed by atoms with Gasteiger partial charge in [-0.15, -0.1) is 0 Å². The van der Waals surface area contributed by atoms with Crippen LogP contribution in [0, 0.1) is 0 Å². The Morgan fingerprint density at radius 2 is 1.65 bits per heavy atom. The highest BCUT2D eigenvalue weighted by Gasteiger charge is 2.24. The monoisotopic (exact) mass is 428 g/mol. The van der Waals surface area contributed by atoms with Crippen molar-refractivity contribution in [3.8, 4) is 5.75 Å². The van der Waals surface area contributed by atoms with Crippen LogP contribution >= 0.6 is 11.8 Å². The summed E-state index contributed by atoms with van der Waals surface area (Å²) < 4.78 is 0. The van der Waals surface area contributed by atoms with E-state index in [1.165, 1.54) is 23.4 Å². The van der Waals surface area contributed by atoms with Crippen LogP contribution in [0.25, 0.3) is 6.08 Å². The average molecular weight is 429 g/mol. The molecule has 6 nitrogen and oxygen atoms in total. The van der Waals surface area contributed by atoms with Crippen LogP contribution in [0.3, 0.4) is 0 Å². The van der Waals surface area contributed by atoms with E-state index in [1.54, 1.807) is 18.2 Å². The molecular weight excluding hydrogens is 408 g/mol. The van der Waals surface area contributed by atoms with Crippen LogP contribution in [0.5, 0.6) is 5.75 Å². The van der Waals surface area contributed by atoms with Crippen molar-refractivity contribution in [3.05, 3.63) is 88.8 Å². The molecule has 0 atom stereocenters. The SMILES string of the molecule is CCc1ccc(N=C2NC(=O)/C(=C/c3cc(N=Nc4ccccc4)ccc3O)S2)cc1. The summed E-state index contributed by atoms with van der Waals surface area (Å²) in [6, 6.07) is 22.1. The zero-order chi connectivity index (χ0) is 21.6. The van der Waals surface area contributed by atoms with Crippen LogP contribution in [0.1, 0.15) is 18.1 Å². The van der Waals surface area contributed by atoms with Gasteiger partial charge < -0.3 is 10.4 Å². The van der Waals surface area contributed by atoms with Crippen molar-refractivity contribution in [1.82, 2.24) is 5.32 Å². The number of phenols is 1. The van der Waals surface area contributed by atoms with E-state index < -0.39 is 0 Å². The zero-order valence-corrected chi connectivity index (χ0v) is 17.6. The number of aryl methyl sites for hydroxylation is 1.